The van der Waals surface area contributed by atoms with Crippen LogP contribution in [0.3, 0.4) is 0 Å². The fraction of sp³-hybridized carbons (Fsp3) is 0.615. The van der Waals surface area contributed by atoms with Crippen LogP contribution in [0.4, 0.5) is 0 Å². The highest BCUT2D eigenvalue weighted by atomic mass is 32.2. The van der Waals surface area contributed by atoms with Gasteiger partial charge in [-0.1, -0.05) is 13.8 Å². The second kappa shape index (κ2) is 6.59. The molecule has 0 spiro atoms. The maximum atomic E-state index is 12.1. The molecule has 0 aliphatic heterocycles. The monoisotopic (exact) mass is 318 g/mol. The number of nitrogens with zero attached hydrogens (tertiary/aromatic N) is 1. The predicted octanol–water partition coefficient (Wildman–Crippen LogP) is 0.811. The Labute approximate surface area is 125 Å². The SMILES string of the molecule is CCC(CC)(CO)NC(=O)c1ccc(S(=O)(=O)N(C)C)o1. The molecule has 0 saturated carbocycles. The zero-order chi connectivity index (χ0) is 16.3. The molecular formula is C13H22N2O5S. The minimum absolute atomic E-state index is 0.102. The number of rotatable bonds is 7. The fourth-order valence-electron chi connectivity index (χ4n) is 1.75. The van der Waals surface area contributed by atoms with E-state index in [1.165, 1.54) is 26.2 Å². The molecule has 8 heteroatoms. The highest BCUT2D eigenvalue weighted by Crippen LogP contribution is 2.19. The first-order chi connectivity index (χ1) is 9.72. The van der Waals surface area contributed by atoms with Crippen molar-refractivity contribution in [2.45, 2.75) is 37.3 Å². The van der Waals surface area contributed by atoms with Crippen LogP contribution in [-0.2, 0) is 10.0 Å². The normalized spacial score (nSPS) is 12.7. The predicted molar refractivity (Wildman–Crippen MR) is 77.4 cm³/mol. The molecule has 7 nitrogen and oxygen atoms in total. The number of aliphatic hydroxyl groups excluding tert-OH is 1. The summed E-state index contributed by atoms with van der Waals surface area (Å²) < 4.78 is 29.9. The average Bonchev–Trinajstić information content (AvgIpc) is 2.95. The van der Waals surface area contributed by atoms with Crippen molar-refractivity contribution in [3.8, 4) is 0 Å². The number of sulfonamides is 1. The smallest absolute Gasteiger partial charge is 0.287 e. The molecule has 0 aliphatic rings. The lowest BCUT2D eigenvalue weighted by Crippen LogP contribution is -2.50. The summed E-state index contributed by atoms with van der Waals surface area (Å²) in [6.07, 6.45) is 1.10. The molecule has 1 aromatic rings. The molecule has 21 heavy (non-hydrogen) atoms. The Morgan fingerprint density at radius 1 is 1.33 bits per heavy atom. The molecule has 1 aromatic heterocycles. The molecule has 0 fully saturated rings. The topological polar surface area (TPSA) is 99.8 Å². The van der Waals surface area contributed by atoms with Gasteiger partial charge in [-0.05, 0) is 25.0 Å². The van der Waals surface area contributed by atoms with Gasteiger partial charge < -0.3 is 14.8 Å². The van der Waals surface area contributed by atoms with Gasteiger partial charge in [-0.2, -0.15) is 0 Å². The first-order valence-corrected chi connectivity index (χ1v) is 8.12. The molecule has 0 saturated heterocycles. The van der Waals surface area contributed by atoms with Crippen LogP contribution in [0.15, 0.2) is 21.6 Å². The van der Waals surface area contributed by atoms with Crippen LogP contribution < -0.4 is 5.32 Å². The van der Waals surface area contributed by atoms with E-state index < -0.39 is 21.5 Å². The third-order valence-electron chi connectivity index (χ3n) is 3.58. The molecule has 1 amide bonds. The van der Waals surface area contributed by atoms with Gasteiger partial charge >= 0.3 is 0 Å². The van der Waals surface area contributed by atoms with E-state index in [-0.39, 0.29) is 17.5 Å². The minimum atomic E-state index is -3.71. The van der Waals surface area contributed by atoms with Crippen LogP contribution in [0.25, 0.3) is 0 Å². The van der Waals surface area contributed by atoms with Crippen LogP contribution in [0.2, 0.25) is 0 Å². The maximum Gasteiger partial charge on any atom is 0.287 e. The zero-order valence-electron chi connectivity index (χ0n) is 12.7. The molecule has 0 atom stereocenters. The van der Waals surface area contributed by atoms with Crippen molar-refractivity contribution in [1.82, 2.24) is 9.62 Å². The third kappa shape index (κ3) is 3.63. The number of carbonyl (C=O) groups excluding carboxylic acids is 1. The van der Waals surface area contributed by atoms with Crippen LogP contribution in [0.5, 0.6) is 0 Å². The lowest BCUT2D eigenvalue weighted by molar-refractivity contribution is 0.0785. The van der Waals surface area contributed by atoms with Gasteiger partial charge in [0.15, 0.2) is 5.76 Å². The summed E-state index contributed by atoms with van der Waals surface area (Å²) >= 11 is 0. The second-order valence-corrected chi connectivity index (χ2v) is 7.09. The molecule has 0 aliphatic carbocycles. The molecule has 0 radical (unpaired) electrons. The molecule has 1 rings (SSSR count). The highest BCUT2D eigenvalue weighted by Gasteiger charge is 2.30. The van der Waals surface area contributed by atoms with Crippen molar-refractivity contribution in [2.75, 3.05) is 20.7 Å². The quantitative estimate of drug-likeness (QED) is 0.775. The summed E-state index contributed by atoms with van der Waals surface area (Å²) in [6.45, 7) is 3.50. The van der Waals surface area contributed by atoms with Crippen LogP contribution in [-0.4, -0.2) is 50.0 Å². The zero-order valence-corrected chi connectivity index (χ0v) is 13.5. The molecule has 120 valence electrons. The van der Waals surface area contributed by atoms with E-state index in [9.17, 15) is 18.3 Å². The van der Waals surface area contributed by atoms with Gasteiger partial charge in [0.1, 0.15) is 0 Å². The van der Waals surface area contributed by atoms with Gasteiger partial charge in [0.25, 0.3) is 15.9 Å². The number of nitrogens with one attached hydrogen (secondary N) is 1. The van der Waals surface area contributed by atoms with Crippen molar-refractivity contribution in [3.63, 3.8) is 0 Å². The maximum absolute atomic E-state index is 12.1. The van der Waals surface area contributed by atoms with Crippen molar-refractivity contribution < 1.29 is 22.7 Å². The lowest BCUT2D eigenvalue weighted by Gasteiger charge is -2.30. The Balaban J connectivity index is 2.99. The van der Waals surface area contributed by atoms with E-state index in [1.807, 2.05) is 13.8 Å². The summed E-state index contributed by atoms with van der Waals surface area (Å²) in [6, 6.07) is 2.54. The van der Waals surface area contributed by atoms with Gasteiger partial charge in [0.2, 0.25) is 5.09 Å². The third-order valence-corrected chi connectivity index (χ3v) is 5.26. The molecule has 2 N–H and O–H groups in total. The van der Waals surface area contributed by atoms with E-state index in [1.54, 1.807) is 0 Å². The van der Waals surface area contributed by atoms with E-state index >= 15 is 0 Å². The Morgan fingerprint density at radius 2 is 1.90 bits per heavy atom. The Hall–Kier alpha value is -1.38. The Kier molecular flexibility index (Phi) is 5.54. The summed E-state index contributed by atoms with van der Waals surface area (Å²) in [7, 11) is -0.958. The second-order valence-electron chi connectivity index (χ2n) is 5.01. The molecule has 0 unspecified atom stereocenters. The largest absolute Gasteiger partial charge is 0.438 e. The van der Waals surface area contributed by atoms with E-state index in [0.717, 1.165) is 4.31 Å². The first kappa shape index (κ1) is 17.7. The molecular weight excluding hydrogens is 296 g/mol. The van der Waals surface area contributed by atoms with Gasteiger partial charge in [-0.15, -0.1) is 0 Å². The number of hydrogen-bond donors (Lipinski definition) is 2. The summed E-state index contributed by atoms with van der Waals surface area (Å²) in [5.74, 6) is -0.650. The van der Waals surface area contributed by atoms with Crippen molar-refractivity contribution >= 4 is 15.9 Å². The summed E-state index contributed by atoms with van der Waals surface area (Å²) in [5, 5.41) is 11.8. The summed E-state index contributed by atoms with van der Waals surface area (Å²) in [5.41, 5.74) is -0.732. The number of hydrogen-bond acceptors (Lipinski definition) is 5. The van der Waals surface area contributed by atoms with Crippen LogP contribution in [0, 0.1) is 0 Å². The van der Waals surface area contributed by atoms with Gasteiger partial charge in [0, 0.05) is 14.1 Å². The lowest BCUT2D eigenvalue weighted by atomic mass is 9.94. The van der Waals surface area contributed by atoms with E-state index in [2.05, 4.69) is 5.32 Å². The van der Waals surface area contributed by atoms with Crippen molar-refractivity contribution in [3.05, 3.63) is 17.9 Å². The van der Waals surface area contributed by atoms with Crippen LogP contribution in [0.1, 0.15) is 37.2 Å². The average molecular weight is 318 g/mol. The molecule has 0 bridgehead atoms. The Bertz CT molecular complexity index is 579. The van der Waals surface area contributed by atoms with Crippen molar-refractivity contribution in [1.29, 1.82) is 0 Å². The Morgan fingerprint density at radius 3 is 2.33 bits per heavy atom. The number of aliphatic hydroxyl groups is 1. The van der Waals surface area contributed by atoms with E-state index in [4.69, 9.17) is 4.42 Å². The number of amides is 1. The molecule has 1 heterocycles. The molecule has 0 aromatic carbocycles. The van der Waals surface area contributed by atoms with Crippen LogP contribution >= 0.6 is 0 Å². The standard InChI is InChI=1S/C13H22N2O5S/c1-5-13(6-2,9-16)14-12(17)10-7-8-11(20-10)21(18,19)15(3)4/h7-8,16H,5-6,9H2,1-4H3,(H,14,17). The number of furan rings is 1. The highest BCUT2D eigenvalue weighted by molar-refractivity contribution is 7.88. The minimum Gasteiger partial charge on any atom is -0.438 e. The first-order valence-electron chi connectivity index (χ1n) is 6.68. The fourth-order valence-corrected chi connectivity index (χ4v) is 2.55. The summed E-state index contributed by atoms with van der Waals surface area (Å²) in [4.78, 5) is 12.1. The van der Waals surface area contributed by atoms with Gasteiger partial charge in [-0.25, -0.2) is 12.7 Å². The van der Waals surface area contributed by atoms with Gasteiger partial charge in [-0.3, -0.25) is 4.79 Å². The van der Waals surface area contributed by atoms with Gasteiger partial charge in [0.05, 0.1) is 12.1 Å². The van der Waals surface area contributed by atoms with Crippen molar-refractivity contribution in [2.24, 2.45) is 0 Å². The number of carbonyl (C=O) groups is 1. The van der Waals surface area contributed by atoms with E-state index in [0.29, 0.717) is 12.8 Å².